The Morgan fingerprint density at radius 1 is 1.17 bits per heavy atom. The van der Waals surface area contributed by atoms with Crippen LogP contribution in [0.4, 0.5) is 0 Å². The van der Waals surface area contributed by atoms with Gasteiger partial charge in [0.25, 0.3) is 5.91 Å². The summed E-state index contributed by atoms with van der Waals surface area (Å²) in [6.45, 7) is 6.08. The average Bonchev–Trinajstić information content (AvgIpc) is 2.91. The summed E-state index contributed by atoms with van der Waals surface area (Å²) in [5.41, 5.74) is 2.16. The fraction of sp³-hybridized carbons (Fsp3) is 0.389. The van der Waals surface area contributed by atoms with Crippen LogP contribution in [0, 0.1) is 12.8 Å². The molecule has 2 aromatic rings. The monoisotopic (exact) mass is 349 g/mol. The summed E-state index contributed by atoms with van der Waals surface area (Å²) < 4.78 is 28.0. The molecule has 2 rings (SSSR count). The third kappa shape index (κ3) is 4.71. The molecule has 1 N–H and O–H groups in total. The summed E-state index contributed by atoms with van der Waals surface area (Å²) in [5, 5.41) is 2.98. The summed E-state index contributed by atoms with van der Waals surface area (Å²) in [5.74, 6) is 0.0100. The molecule has 0 aliphatic rings. The van der Waals surface area contributed by atoms with E-state index in [-0.39, 0.29) is 35.1 Å². The summed E-state index contributed by atoms with van der Waals surface area (Å²) in [4.78, 5) is 12.5. The largest absolute Gasteiger partial charge is 0.455 e. The summed E-state index contributed by atoms with van der Waals surface area (Å²) in [6, 6.07) is 10.8. The molecule has 0 aliphatic heterocycles. The number of hydrogen-bond acceptors (Lipinski definition) is 4. The van der Waals surface area contributed by atoms with E-state index in [1.165, 1.54) is 12.1 Å². The fourth-order valence-electron chi connectivity index (χ4n) is 2.59. The molecule has 0 radical (unpaired) electrons. The number of benzene rings is 1. The first-order chi connectivity index (χ1) is 11.2. The van der Waals surface area contributed by atoms with Gasteiger partial charge in [0, 0.05) is 6.26 Å². The van der Waals surface area contributed by atoms with Crippen molar-refractivity contribution in [1.29, 1.82) is 0 Å². The lowest BCUT2D eigenvalue weighted by atomic mass is 9.92. The molecule has 130 valence electrons. The Balaban J connectivity index is 2.19. The zero-order valence-corrected chi connectivity index (χ0v) is 15.2. The summed E-state index contributed by atoms with van der Waals surface area (Å²) in [7, 11) is -3.20. The summed E-state index contributed by atoms with van der Waals surface area (Å²) >= 11 is 0. The minimum absolute atomic E-state index is 0.118. The van der Waals surface area contributed by atoms with Crippen LogP contribution >= 0.6 is 0 Å². The third-order valence-electron chi connectivity index (χ3n) is 3.77. The Morgan fingerprint density at radius 3 is 2.42 bits per heavy atom. The van der Waals surface area contributed by atoms with Gasteiger partial charge in [0.15, 0.2) is 15.6 Å². The van der Waals surface area contributed by atoms with E-state index >= 15 is 0 Å². The van der Waals surface area contributed by atoms with Gasteiger partial charge in [0.05, 0.1) is 6.04 Å². The van der Waals surface area contributed by atoms with Crippen LogP contribution in [-0.4, -0.2) is 20.6 Å². The highest BCUT2D eigenvalue weighted by Crippen LogP contribution is 2.25. The van der Waals surface area contributed by atoms with Gasteiger partial charge in [-0.05, 0) is 36.1 Å². The highest BCUT2D eigenvalue weighted by molar-refractivity contribution is 7.89. The molecule has 0 bridgehead atoms. The first-order valence-electron chi connectivity index (χ1n) is 7.80. The van der Waals surface area contributed by atoms with Crippen molar-refractivity contribution in [1.82, 2.24) is 5.32 Å². The maximum Gasteiger partial charge on any atom is 0.287 e. The second-order valence-corrected chi connectivity index (χ2v) is 8.53. The molecule has 0 fully saturated rings. The zero-order valence-electron chi connectivity index (χ0n) is 14.4. The van der Waals surface area contributed by atoms with E-state index in [0.717, 1.165) is 17.4 Å². The predicted octanol–water partition coefficient (Wildman–Crippen LogP) is 3.26. The number of nitrogens with one attached hydrogen (secondary N) is 1. The Hall–Kier alpha value is -2.08. The van der Waals surface area contributed by atoms with Gasteiger partial charge in [-0.15, -0.1) is 0 Å². The normalized spacial score (nSPS) is 13.0. The topological polar surface area (TPSA) is 76.4 Å². The van der Waals surface area contributed by atoms with Crippen LogP contribution < -0.4 is 5.32 Å². The number of carbonyl (C=O) groups excluding carboxylic acids is 1. The van der Waals surface area contributed by atoms with Crippen LogP contribution in [0.5, 0.6) is 0 Å². The molecule has 1 amide bonds. The van der Waals surface area contributed by atoms with Crippen molar-refractivity contribution in [2.75, 3.05) is 6.26 Å². The van der Waals surface area contributed by atoms with E-state index in [1.807, 2.05) is 45.0 Å². The number of sulfone groups is 1. The van der Waals surface area contributed by atoms with E-state index in [9.17, 15) is 13.2 Å². The van der Waals surface area contributed by atoms with E-state index in [0.29, 0.717) is 0 Å². The molecule has 0 spiro atoms. The maximum absolute atomic E-state index is 12.5. The van der Waals surface area contributed by atoms with Gasteiger partial charge in [-0.3, -0.25) is 4.79 Å². The van der Waals surface area contributed by atoms with Crippen LogP contribution in [0.25, 0.3) is 0 Å². The first kappa shape index (κ1) is 18.3. The second-order valence-electron chi connectivity index (χ2n) is 6.39. The molecule has 1 atom stereocenters. The smallest absolute Gasteiger partial charge is 0.287 e. The number of hydrogen-bond donors (Lipinski definition) is 1. The molecular formula is C18H23NO4S. The lowest BCUT2D eigenvalue weighted by Gasteiger charge is -2.24. The Labute approximate surface area is 143 Å². The Bertz CT molecular complexity index is 821. The van der Waals surface area contributed by atoms with Gasteiger partial charge < -0.3 is 9.73 Å². The van der Waals surface area contributed by atoms with Gasteiger partial charge in [-0.1, -0.05) is 38.1 Å². The highest BCUT2D eigenvalue weighted by atomic mass is 32.2. The average molecular weight is 349 g/mol. The number of furan rings is 1. The van der Waals surface area contributed by atoms with Crippen molar-refractivity contribution in [3.63, 3.8) is 0 Å². The predicted molar refractivity (Wildman–Crippen MR) is 93.5 cm³/mol. The molecule has 24 heavy (non-hydrogen) atoms. The molecule has 1 unspecified atom stereocenters. The number of carbonyl (C=O) groups is 1. The minimum atomic E-state index is -3.20. The maximum atomic E-state index is 12.5. The Kier molecular flexibility index (Phi) is 5.49. The minimum Gasteiger partial charge on any atom is -0.455 e. The molecule has 5 nitrogen and oxygen atoms in total. The van der Waals surface area contributed by atoms with E-state index < -0.39 is 9.84 Å². The SMILES string of the molecule is Cc1ccccc1C(NC(=O)c1ccc(CS(C)(=O)=O)o1)C(C)C. The van der Waals surface area contributed by atoms with Crippen molar-refractivity contribution in [3.8, 4) is 0 Å². The molecule has 0 saturated carbocycles. The quantitative estimate of drug-likeness (QED) is 0.868. The molecule has 6 heteroatoms. The van der Waals surface area contributed by atoms with E-state index in [2.05, 4.69) is 5.32 Å². The van der Waals surface area contributed by atoms with Gasteiger partial charge in [-0.2, -0.15) is 0 Å². The van der Waals surface area contributed by atoms with Crippen LogP contribution in [-0.2, 0) is 15.6 Å². The van der Waals surface area contributed by atoms with Crippen LogP contribution in [0.1, 0.15) is 47.3 Å². The van der Waals surface area contributed by atoms with Crippen molar-refractivity contribution in [2.45, 2.75) is 32.6 Å². The first-order valence-corrected chi connectivity index (χ1v) is 9.86. The van der Waals surface area contributed by atoms with Gasteiger partial charge >= 0.3 is 0 Å². The third-order valence-corrected chi connectivity index (χ3v) is 4.58. The zero-order chi connectivity index (χ0) is 17.9. The lowest BCUT2D eigenvalue weighted by Crippen LogP contribution is -2.32. The highest BCUT2D eigenvalue weighted by Gasteiger charge is 2.22. The molecule has 0 aliphatic carbocycles. The van der Waals surface area contributed by atoms with Crippen molar-refractivity contribution < 1.29 is 17.6 Å². The van der Waals surface area contributed by atoms with Gasteiger partial charge in [0.2, 0.25) is 0 Å². The van der Waals surface area contributed by atoms with Crippen LogP contribution in [0.2, 0.25) is 0 Å². The summed E-state index contributed by atoms with van der Waals surface area (Å²) in [6.07, 6.45) is 1.13. The molecular weight excluding hydrogens is 326 g/mol. The van der Waals surface area contributed by atoms with E-state index in [4.69, 9.17) is 4.42 Å². The molecule has 0 saturated heterocycles. The van der Waals surface area contributed by atoms with Crippen LogP contribution in [0.3, 0.4) is 0 Å². The molecule has 1 aromatic carbocycles. The van der Waals surface area contributed by atoms with E-state index in [1.54, 1.807) is 0 Å². The molecule has 1 aromatic heterocycles. The second kappa shape index (κ2) is 7.21. The number of aryl methyl sites for hydroxylation is 1. The number of amides is 1. The van der Waals surface area contributed by atoms with Gasteiger partial charge in [-0.25, -0.2) is 8.42 Å². The standard InChI is InChI=1S/C18H23NO4S/c1-12(2)17(15-8-6-5-7-13(15)3)19-18(20)16-10-9-14(23-16)11-24(4,21)22/h5-10,12,17H,11H2,1-4H3,(H,19,20). The Morgan fingerprint density at radius 2 is 1.83 bits per heavy atom. The van der Waals surface area contributed by atoms with Crippen molar-refractivity contribution in [3.05, 3.63) is 59.0 Å². The van der Waals surface area contributed by atoms with Crippen molar-refractivity contribution in [2.24, 2.45) is 5.92 Å². The molecule has 1 heterocycles. The van der Waals surface area contributed by atoms with Crippen LogP contribution in [0.15, 0.2) is 40.8 Å². The van der Waals surface area contributed by atoms with Crippen molar-refractivity contribution >= 4 is 15.7 Å². The fourth-order valence-corrected chi connectivity index (χ4v) is 3.26. The lowest BCUT2D eigenvalue weighted by molar-refractivity contribution is 0.0895. The number of rotatable bonds is 6. The van der Waals surface area contributed by atoms with Gasteiger partial charge in [0.1, 0.15) is 11.5 Å².